The van der Waals surface area contributed by atoms with E-state index in [0.29, 0.717) is 33.8 Å². The molecule has 0 aliphatic rings. The Hall–Kier alpha value is -4.08. The zero-order valence-corrected chi connectivity index (χ0v) is 18.6. The number of carbonyl (C=O) groups is 1. The van der Waals surface area contributed by atoms with Crippen LogP contribution in [0.1, 0.15) is 36.7 Å². The molecule has 2 heterocycles. The maximum absolute atomic E-state index is 12.7. The summed E-state index contributed by atoms with van der Waals surface area (Å²) in [6, 6.07) is 5.37. The zero-order chi connectivity index (χ0) is 23.5. The summed E-state index contributed by atoms with van der Waals surface area (Å²) in [5.74, 6) is -0.0550. The summed E-state index contributed by atoms with van der Waals surface area (Å²) in [6.07, 6.45) is 4.40. The second-order valence-electron chi connectivity index (χ2n) is 8.19. The van der Waals surface area contributed by atoms with E-state index in [0.717, 1.165) is 5.56 Å². The number of nitrogens with two attached hydrogens (primary N) is 1. The predicted octanol–water partition coefficient (Wildman–Crippen LogP) is 3.08. The highest BCUT2D eigenvalue weighted by Crippen LogP contribution is 2.25. The third kappa shape index (κ3) is 5.15. The van der Waals surface area contributed by atoms with Crippen molar-refractivity contribution in [1.29, 1.82) is 5.41 Å². The lowest BCUT2D eigenvalue weighted by Gasteiger charge is -2.19. The summed E-state index contributed by atoms with van der Waals surface area (Å²) in [5, 5.41) is 13.8. The SMILES string of the molecule is COc1ncc2ncnc(Nc3cc(C(=O)NC(=N)C=C(N)C(C)(C)C)ccc3C)c2n1. The van der Waals surface area contributed by atoms with Crippen LogP contribution in [0.3, 0.4) is 0 Å². The fraction of sp³-hybridized carbons (Fsp3) is 0.273. The number of nitrogens with zero attached hydrogens (tertiary/aromatic N) is 4. The summed E-state index contributed by atoms with van der Waals surface area (Å²) in [7, 11) is 1.48. The highest BCUT2D eigenvalue weighted by molar-refractivity contribution is 6.09. The van der Waals surface area contributed by atoms with Gasteiger partial charge in [-0.25, -0.2) is 15.0 Å². The number of hydrogen-bond acceptors (Lipinski definition) is 9. The lowest BCUT2D eigenvalue weighted by atomic mass is 9.92. The molecule has 10 heteroatoms. The van der Waals surface area contributed by atoms with Crippen LogP contribution in [0, 0.1) is 17.7 Å². The summed E-state index contributed by atoms with van der Waals surface area (Å²) >= 11 is 0. The van der Waals surface area contributed by atoms with Crippen LogP contribution in [-0.2, 0) is 0 Å². The Balaban J connectivity index is 1.86. The molecular weight excluding hydrogens is 408 g/mol. The summed E-state index contributed by atoms with van der Waals surface area (Å²) in [4.78, 5) is 29.5. The highest BCUT2D eigenvalue weighted by Gasteiger charge is 2.16. The number of carbonyl (C=O) groups excluding carboxylic acids is 1. The average Bonchev–Trinajstić information content (AvgIpc) is 2.74. The van der Waals surface area contributed by atoms with E-state index in [1.807, 2.05) is 27.7 Å². The number of aromatic nitrogens is 4. The van der Waals surface area contributed by atoms with Crippen molar-refractivity contribution in [2.24, 2.45) is 11.1 Å². The van der Waals surface area contributed by atoms with Crippen molar-refractivity contribution in [3.8, 4) is 6.01 Å². The predicted molar refractivity (Wildman–Crippen MR) is 123 cm³/mol. The van der Waals surface area contributed by atoms with E-state index in [9.17, 15) is 4.79 Å². The number of ether oxygens (including phenoxy) is 1. The molecule has 3 aromatic rings. The maximum atomic E-state index is 12.7. The molecule has 1 aromatic carbocycles. The van der Waals surface area contributed by atoms with Crippen molar-refractivity contribution < 1.29 is 9.53 Å². The molecule has 10 nitrogen and oxygen atoms in total. The highest BCUT2D eigenvalue weighted by atomic mass is 16.5. The fourth-order valence-electron chi connectivity index (χ4n) is 2.66. The monoisotopic (exact) mass is 434 g/mol. The largest absolute Gasteiger partial charge is 0.467 e. The van der Waals surface area contributed by atoms with Gasteiger partial charge in [-0.05, 0) is 30.7 Å². The van der Waals surface area contributed by atoms with Gasteiger partial charge in [-0.2, -0.15) is 4.98 Å². The first-order chi connectivity index (χ1) is 15.1. The minimum Gasteiger partial charge on any atom is -0.467 e. The lowest BCUT2D eigenvalue weighted by molar-refractivity contribution is 0.0977. The molecule has 166 valence electrons. The molecule has 0 bridgehead atoms. The van der Waals surface area contributed by atoms with Gasteiger partial charge >= 0.3 is 6.01 Å². The topological polar surface area (TPSA) is 152 Å². The molecule has 5 N–H and O–H groups in total. The molecule has 0 aliphatic carbocycles. The average molecular weight is 435 g/mol. The van der Waals surface area contributed by atoms with E-state index in [4.69, 9.17) is 15.9 Å². The Kier molecular flexibility index (Phi) is 6.33. The summed E-state index contributed by atoms with van der Waals surface area (Å²) in [6.45, 7) is 7.70. The normalized spacial score (nSPS) is 11.8. The smallest absolute Gasteiger partial charge is 0.316 e. The molecular formula is C22H26N8O2. The molecule has 2 aromatic heterocycles. The first kappa shape index (κ1) is 22.6. The molecule has 0 saturated heterocycles. The first-order valence-corrected chi connectivity index (χ1v) is 9.85. The van der Waals surface area contributed by atoms with E-state index >= 15 is 0 Å². The Morgan fingerprint density at radius 2 is 1.97 bits per heavy atom. The van der Waals surface area contributed by atoms with Crippen LogP contribution in [0.2, 0.25) is 0 Å². The van der Waals surface area contributed by atoms with E-state index in [2.05, 4.69) is 30.6 Å². The van der Waals surface area contributed by atoms with E-state index in [1.165, 1.54) is 19.5 Å². The van der Waals surface area contributed by atoms with Crippen LogP contribution in [0.25, 0.3) is 11.0 Å². The minimum atomic E-state index is -0.424. The number of methoxy groups -OCH3 is 1. The Labute approximate surface area is 185 Å². The number of benzene rings is 1. The first-order valence-electron chi connectivity index (χ1n) is 9.85. The number of rotatable bonds is 5. The van der Waals surface area contributed by atoms with Crippen LogP contribution < -0.4 is 21.1 Å². The van der Waals surface area contributed by atoms with Crippen molar-refractivity contribution in [3.63, 3.8) is 0 Å². The number of nitrogens with one attached hydrogen (secondary N) is 3. The molecule has 0 radical (unpaired) electrons. The van der Waals surface area contributed by atoms with Gasteiger partial charge in [-0.3, -0.25) is 10.2 Å². The number of amides is 1. The van der Waals surface area contributed by atoms with Crippen LogP contribution in [-0.4, -0.2) is 38.8 Å². The van der Waals surface area contributed by atoms with Gasteiger partial charge in [0.25, 0.3) is 5.91 Å². The van der Waals surface area contributed by atoms with Gasteiger partial charge in [0.05, 0.1) is 13.3 Å². The van der Waals surface area contributed by atoms with Crippen molar-refractivity contribution in [2.45, 2.75) is 27.7 Å². The summed E-state index contributed by atoms with van der Waals surface area (Å²) < 4.78 is 5.09. The van der Waals surface area contributed by atoms with Gasteiger partial charge in [0.2, 0.25) is 0 Å². The molecule has 0 spiro atoms. The number of hydrogen-bond donors (Lipinski definition) is 4. The van der Waals surface area contributed by atoms with Crippen LogP contribution in [0.15, 0.2) is 42.5 Å². The molecule has 0 unspecified atom stereocenters. The Morgan fingerprint density at radius 3 is 2.66 bits per heavy atom. The van der Waals surface area contributed by atoms with Gasteiger partial charge in [0.15, 0.2) is 5.82 Å². The summed E-state index contributed by atoms with van der Waals surface area (Å²) in [5.41, 5.74) is 9.14. The van der Waals surface area contributed by atoms with Gasteiger partial charge in [0, 0.05) is 22.4 Å². The molecule has 3 rings (SSSR count). The zero-order valence-electron chi connectivity index (χ0n) is 18.6. The number of amidine groups is 1. The molecule has 0 saturated carbocycles. The number of anilines is 2. The van der Waals surface area contributed by atoms with E-state index < -0.39 is 5.91 Å². The van der Waals surface area contributed by atoms with E-state index in [1.54, 1.807) is 24.4 Å². The second-order valence-corrected chi connectivity index (χ2v) is 8.19. The molecule has 1 amide bonds. The quantitative estimate of drug-likeness (QED) is 0.353. The third-order valence-corrected chi connectivity index (χ3v) is 4.70. The van der Waals surface area contributed by atoms with Gasteiger partial charge in [-0.1, -0.05) is 26.8 Å². The second kappa shape index (κ2) is 8.96. The van der Waals surface area contributed by atoms with Gasteiger partial charge in [0.1, 0.15) is 23.2 Å². The third-order valence-electron chi connectivity index (χ3n) is 4.70. The van der Waals surface area contributed by atoms with Gasteiger partial charge in [-0.15, -0.1) is 0 Å². The molecule has 0 fully saturated rings. The molecule has 32 heavy (non-hydrogen) atoms. The van der Waals surface area contributed by atoms with Crippen molar-refractivity contribution in [3.05, 3.63) is 53.6 Å². The fourth-order valence-corrected chi connectivity index (χ4v) is 2.66. The van der Waals surface area contributed by atoms with E-state index in [-0.39, 0.29) is 17.3 Å². The number of allylic oxidation sites excluding steroid dienone is 1. The van der Waals surface area contributed by atoms with Crippen LogP contribution in [0.4, 0.5) is 11.5 Å². The van der Waals surface area contributed by atoms with Gasteiger partial charge < -0.3 is 21.1 Å². The molecule has 0 atom stereocenters. The Morgan fingerprint density at radius 1 is 1.22 bits per heavy atom. The van der Waals surface area contributed by atoms with Crippen molar-refractivity contribution in [2.75, 3.05) is 12.4 Å². The lowest BCUT2D eigenvalue weighted by Crippen LogP contribution is -2.30. The number of fused-ring (bicyclic) bond motifs is 1. The van der Waals surface area contributed by atoms with Crippen LogP contribution >= 0.6 is 0 Å². The Bertz CT molecular complexity index is 1210. The molecule has 0 aliphatic heterocycles. The van der Waals surface area contributed by atoms with Crippen molar-refractivity contribution >= 4 is 34.3 Å². The van der Waals surface area contributed by atoms with Crippen LogP contribution in [0.5, 0.6) is 6.01 Å². The number of aryl methyl sites for hydroxylation is 1. The van der Waals surface area contributed by atoms with Crippen molar-refractivity contribution in [1.82, 2.24) is 25.3 Å². The maximum Gasteiger partial charge on any atom is 0.316 e. The standard InChI is InChI=1S/C22H26N8O2/c1-12-6-7-13(20(31)29-17(24)9-16(23)22(2,3)4)8-14(12)28-19-18-15(26-11-27-19)10-25-21(30-18)32-5/h6-11H,23H2,1-5H3,(H2,24,29,31)(H,26,27,28). The minimum absolute atomic E-state index is 0.0805.